The lowest BCUT2D eigenvalue weighted by atomic mass is 10.1. The van der Waals surface area contributed by atoms with E-state index in [0.29, 0.717) is 21.4 Å². The lowest BCUT2D eigenvalue weighted by molar-refractivity contribution is -0.115. The first-order valence-electron chi connectivity index (χ1n) is 8.27. The zero-order valence-electron chi connectivity index (χ0n) is 15.5. The molecule has 2 heterocycles. The van der Waals surface area contributed by atoms with Gasteiger partial charge in [-0.25, -0.2) is 9.97 Å². The first-order valence-corrected chi connectivity index (χ1v) is 10.0. The fourth-order valence-electron chi connectivity index (χ4n) is 2.50. The second kappa shape index (κ2) is 7.82. The number of rotatable bonds is 4. The summed E-state index contributed by atoms with van der Waals surface area (Å²) in [5.41, 5.74) is 5.04. The van der Waals surface area contributed by atoms with Crippen LogP contribution in [-0.4, -0.2) is 15.9 Å². The smallest absolute Gasteiger partial charge is 0.230 e. The van der Waals surface area contributed by atoms with Crippen molar-refractivity contribution in [2.75, 3.05) is 4.90 Å². The lowest BCUT2D eigenvalue weighted by Crippen LogP contribution is -2.22. The van der Waals surface area contributed by atoms with E-state index < -0.39 is 0 Å². The number of carbonyl (C=O) groups is 1. The van der Waals surface area contributed by atoms with Crippen LogP contribution in [0.2, 0.25) is 0 Å². The first-order chi connectivity index (χ1) is 12.9. The minimum absolute atomic E-state index is 0.112. The van der Waals surface area contributed by atoms with Crippen molar-refractivity contribution in [3.05, 3.63) is 56.5 Å². The number of nitriles is 1. The molecule has 136 valence electrons. The summed E-state index contributed by atoms with van der Waals surface area (Å²) in [4.78, 5) is 22.8. The predicted molar refractivity (Wildman–Crippen MR) is 111 cm³/mol. The Morgan fingerprint density at radius 3 is 2.52 bits per heavy atom. The Morgan fingerprint density at radius 1 is 1.15 bits per heavy atom. The zero-order chi connectivity index (χ0) is 19.6. The number of aryl methyl sites for hydroxylation is 3. The fourth-order valence-corrected chi connectivity index (χ4v) is 4.11. The molecule has 0 spiro atoms. The van der Waals surface area contributed by atoms with Crippen LogP contribution in [0, 0.1) is 32.1 Å². The van der Waals surface area contributed by atoms with Crippen LogP contribution in [-0.2, 0) is 4.79 Å². The maximum absolute atomic E-state index is 12.3. The molecule has 0 aliphatic rings. The van der Waals surface area contributed by atoms with Gasteiger partial charge in [0.15, 0.2) is 5.13 Å². The van der Waals surface area contributed by atoms with Crippen LogP contribution in [0.5, 0.6) is 0 Å². The van der Waals surface area contributed by atoms with Gasteiger partial charge in [0.25, 0.3) is 0 Å². The van der Waals surface area contributed by atoms with E-state index >= 15 is 0 Å². The maximum Gasteiger partial charge on any atom is 0.230 e. The Labute approximate surface area is 166 Å². The van der Waals surface area contributed by atoms with Crippen LogP contribution >= 0.6 is 22.7 Å². The van der Waals surface area contributed by atoms with Crippen molar-refractivity contribution in [2.24, 2.45) is 0 Å². The Balaban J connectivity index is 1.97. The summed E-state index contributed by atoms with van der Waals surface area (Å²) in [5.74, 6) is -0.112. The summed E-state index contributed by atoms with van der Waals surface area (Å²) in [6.45, 7) is 7.46. The van der Waals surface area contributed by atoms with E-state index in [0.717, 1.165) is 16.9 Å². The van der Waals surface area contributed by atoms with Crippen molar-refractivity contribution in [1.29, 1.82) is 5.26 Å². The van der Waals surface area contributed by atoms with Crippen LogP contribution in [0.1, 0.15) is 34.4 Å². The van der Waals surface area contributed by atoms with Gasteiger partial charge in [-0.3, -0.25) is 9.69 Å². The van der Waals surface area contributed by atoms with Crippen molar-refractivity contribution in [1.82, 2.24) is 9.97 Å². The number of anilines is 2. The topological polar surface area (TPSA) is 69.9 Å². The molecule has 0 atom stereocenters. The van der Waals surface area contributed by atoms with Crippen LogP contribution < -0.4 is 4.90 Å². The number of hydrogen-bond acceptors (Lipinski definition) is 6. The minimum Gasteiger partial charge on any atom is -0.274 e. The Hall–Kier alpha value is -2.82. The van der Waals surface area contributed by atoms with Gasteiger partial charge in [-0.05, 0) is 50.1 Å². The molecule has 7 heteroatoms. The van der Waals surface area contributed by atoms with Gasteiger partial charge in [-0.1, -0.05) is 6.07 Å². The van der Waals surface area contributed by atoms with E-state index in [1.54, 1.807) is 11.0 Å². The third-order valence-corrected chi connectivity index (χ3v) is 5.86. The molecule has 0 radical (unpaired) electrons. The average Bonchev–Trinajstić information content (AvgIpc) is 3.25. The van der Waals surface area contributed by atoms with Crippen LogP contribution in [0.25, 0.3) is 11.6 Å². The Morgan fingerprint density at radius 2 is 1.93 bits per heavy atom. The van der Waals surface area contributed by atoms with Gasteiger partial charge in [0.2, 0.25) is 5.91 Å². The van der Waals surface area contributed by atoms with Crippen molar-refractivity contribution in [3.63, 3.8) is 0 Å². The molecular formula is C20H18N4OS2. The van der Waals surface area contributed by atoms with Gasteiger partial charge in [-0.15, -0.1) is 22.7 Å². The normalized spacial score (nSPS) is 11.3. The molecule has 1 amide bonds. The molecule has 0 aliphatic heterocycles. The molecule has 0 aliphatic carbocycles. The lowest BCUT2D eigenvalue weighted by Gasteiger charge is -2.19. The number of allylic oxidation sites excluding steroid dienone is 1. The molecule has 27 heavy (non-hydrogen) atoms. The molecule has 3 aromatic rings. The van der Waals surface area contributed by atoms with E-state index in [1.807, 2.05) is 49.7 Å². The largest absolute Gasteiger partial charge is 0.274 e. The number of aromatic nitrogens is 2. The molecule has 0 N–H and O–H groups in total. The molecular weight excluding hydrogens is 376 g/mol. The summed E-state index contributed by atoms with van der Waals surface area (Å²) in [6.07, 6.45) is 1.71. The van der Waals surface area contributed by atoms with E-state index in [4.69, 9.17) is 0 Å². The average molecular weight is 395 g/mol. The van der Waals surface area contributed by atoms with Gasteiger partial charge < -0.3 is 0 Å². The van der Waals surface area contributed by atoms with E-state index in [-0.39, 0.29) is 5.91 Å². The summed E-state index contributed by atoms with van der Waals surface area (Å²) in [7, 11) is 0. The van der Waals surface area contributed by atoms with E-state index in [9.17, 15) is 10.1 Å². The number of carbonyl (C=O) groups excluding carboxylic acids is 1. The third kappa shape index (κ3) is 4.13. The molecule has 0 saturated heterocycles. The van der Waals surface area contributed by atoms with Gasteiger partial charge >= 0.3 is 0 Å². The van der Waals surface area contributed by atoms with E-state index in [2.05, 4.69) is 16.0 Å². The maximum atomic E-state index is 12.3. The Kier molecular flexibility index (Phi) is 5.49. The molecule has 2 aromatic heterocycles. The highest BCUT2D eigenvalue weighted by atomic mass is 32.1. The molecule has 1 aromatic carbocycles. The summed E-state index contributed by atoms with van der Waals surface area (Å²) >= 11 is 2.80. The summed E-state index contributed by atoms with van der Waals surface area (Å²) in [5, 5.41) is 14.4. The van der Waals surface area contributed by atoms with Crippen molar-refractivity contribution >= 4 is 51.0 Å². The fraction of sp³-hybridized carbons (Fsp3) is 0.200. The standard InChI is InChI=1S/C20H18N4OS2/c1-12-5-6-18(7-13(12)2)24(15(4)25)20-23-17(11-27-20)8-16(9-21)19-22-14(3)10-26-19/h5-8,10-11H,1-4H3/b16-8+. The number of thiazole rings is 2. The summed E-state index contributed by atoms with van der Waals surface area (Å²) < 4.78 is 0. The predicted octanol–water partition coefficient (Wildman–Crippen LogP) is 5.27. The second-order valence-corrected chi connectivity index (χ2v) is 7.84. The minimum atomic E-state index is -0.112. The quantitative estimate of drug-likeness (QED) is 0.565. The van der Waals surface area contributed by atoms with Crippen LogP contribution in [0.4, 0.5) is 10.8 Å². The van der Waals surface area contributed by atoms with Crippen molar-refractivity contribution < 1.29 is 4.79 Å². The monoisotopic (exact) mass is 394 g/mol. The second-order valence-electron chi connectivity index (χ2n) is 6.14. The van der Waals surface area contributed by atoms with Crippen molar-refractivity contribution in [3.8, 4) is 6.07 Å². The van der Waals surface area contributed by atoms with Crippen LogP contribution in [0.3, 0.4) is 0 Å². The highest BCUT2D eigenvalue weighted by Crippen LogP contribution is 2.31. The number of hydrogen-bond donors (Lipinski definition) is 0. The SMILES string of the molecule is CC(=O)N(c1ccc(C)c(C)c1)c1nc(/C=C(\C#N)c2nc(C)cs2)cs1. The molecule has 0 unspecified atom stereocenters. The Bertz CT molecular complexity index is 1070. The van der Waals surface area contributed by atoms with E-state index in [1.165, 1.54) is 35.2 Å². The molecule has 3 rings (SSSR count). The highest BCUT2D eigenvalue weighted by molar-refractivity contribution is 7.14. The highest BCUT2D eigenvalue weighted by Gasteiger charge is 2.18. The molecule has 0 saturated carbocycles. The van der Waals surface area contributed by atoms with Gasteiger partial charge in [0.1, 0.15) is 11.1 Å². The summed E-state index contributed by atoms with van der Waals surface area (Å²) in [6, 6.07) is 8.07. The zero-order valence-corrected chi connectivity index (χ0v) is 17.1. The van der Waals surface area contributed by atoms with Crippen molar-refractivity contribution in [2.45, 2.75) is 27.7 Å². The van der Waals surface area contributed by atoms with Crippen LogP contribution in [0.15, 0.2) is 29.0 Å². The first kappa shape index (κ1) is 19.0. The molecule has 5 nitrogen and oxygen atoms in total. The van der Waals surface area contributed by atoms with Gasteiger partial charge in [0.05, 0.1) is 17.0 Å². The third-order valence-electron chi connectivity index (χ3n) is 4.03. The number of benzene rings is 1. The number of nitrogens with zero attached hydrogens (tertiary/aromatic N) is 4. The van der Waals surface area contributed by atoms with Gasteiger partial charge in [-0.2, -0.15) is 5.26 Å². The van der Waals surface area contributed by atoms with Gasteiger partial charge in [0, 0.05) is 23.4 Å². The molecule has 0 fully saturated rings. The molecule has 0 bridgehead atoms. The number of amides is 1.